The molecule has 130 valence electrons. The van der Waals surface area contributed by atoms with Crippen molar-refractivity contribution < 1.29 is 4.79 Å². The van der Waals surface area contributed by atoms with Gasteiger partial charge >= 0.3 is 0 Å². The standard InChI is InChI=1S/C18H34N2O.ClH/c1-14-9-15(12-17(2,3)11-14)10-16(21)20-13-18(4)5-7-19-8-6-18;/h14-15,19H,5-13H2,1-4H3,(H,20,21);1H. The minimum absolute atomic E-state index is 0. The molecule has 4 heteroatoms. The summed E-state index contributed by atoms with van der Waals surface area (Å²) >= 11 is 0. The Hall–Kier alpha value is -0.280. The van der Waals surface area contributed by atoms with E-state index >= 15 is 0 Å². The van der Waals surface area contributed by atoms with Crippen LogP contribution >= 0.6 is 12.4 Å². The number of hydrogen-bond acceptors (Lipinski definition) is 2. The largest absolute Gasteiger partial charge is 0.356 e. The van der Waals surface area contributed by atoms with Gasteiger partial charge in [-0.15, -0.1) is 12.4 Å². The van der Waals surface area contributed by atoms with Crippen molar-refractivity contribution in [2.45, 2.75) is 66.2 Å². The van der Waals surface area contributed by atoms with Gasteiger partial charge in [-0.3, -0.25) is 4.79 Å². The molecule has 2 aliphatic rings. The average Bonchev–Trinajstić information content (AvgIpc) is 2.35. The number of carbonyl (C=O) groups excluding carboxylic acids is 1. The first kappa shape index (κ1) is 19.8. The summed E-state index contributed by atoms with van der Waals surface area (Å²) in [7, 11) is 0. The van der Waals surface area contributed by atoms with Gasteiger partial charge in [-0.25, -0.2) is 0 Å². The van der Waals surface area contributed by atoms with E-state index < -0.39 is 0 Å². The highest BCUT2D eigenvalue weighted by atomic mass is 35.5. The van der Waals surface area contributed by atoms with E-state index in [1.54, 1.807) is 0 Å². The molecule has 1 aliphatic carbocycles. The third-order valence-corrected chi connectivity index (χ3v) is 5.48. The maximum atomic E-state index is 12.3. The smallest absolute Gasteiger partial charge is 0.220 e. The molecule has 1 aliphatic heterocycles. The van der Waals surface area contributed by atoms with E-state index in [4.69, 9.17) is 0 Å². The minimum atomic E-state index is 0. The maximum absolute atomic E-state index is 12.3. The van der Waals surface area contributed by atoms with Crippen LogP contribution in [0.3, 0.4) is 0 Å². The zero-order valence-electron chi connectivity index (χ0n) is 14.8. The molecule has 22 heavy (non-hydrogen) atoms. The third kappa shape index (κ3) is 6.08. The maximum Gasteiger partial charge on any atom is 0.220 e. The number of halogens is 1. The first-order valence-corrected chi connectivity index (χ1v) is 8.75. The number of amides is 1. The van der Waals surface area contributed by atoms with Crippen molar-refractivity contribution in [2.24, 2.45) is 22.7 Å². The van der Waals surface area contributed by atoms with Crippen molar-refractivity contribution in [3.8, 4) is 0 Å². The first-order valence-electron chi connectivity index (χ1n) is 8.75. The van der Waals surface area contributed by atoms with Gasteiger partial charge in [-0.1, -0.05) is 27.7 Å². The first-order chi connectivity index (χ1) is 9.78. The molecule has 0 aromatic rings. The molecule has 1 heterocycles. The van der Waals surface area contributed by atoms with E-state index in [9.17, 15) is 4.79 Å². The summed E-state index contributed by atoms with van der Waals surface area (Å²) in [6, 6.07) is 0. The van der Waals surface area contributed by atoms with E-state index in [1.807, 2.05) is 0 Å². The van der Waals surface area contributed by atoms with Crippen molar-refractivity contribution >= 4 is 18.3 Å². The second-order valence-electron chi connectivity index (χ2n) is 8.82. The quantitative estimate of drug-likeness (QED) is 0.824. The van der Waals surface area contributed by atoms with Crippen LogP contribution in [0.1, 0.15) is 66.2 Å². The van der Waals surface area contributed by atoms with Gasteiger partial charge in [0, 0.05) is 13.0 Å². The van der Waals surface area contributed by atoms with Crippen LogP contribution in [0.25, 0.3) is 0 Å². The molecule has 0 radical (unpaired) electrons. The van der Waals surface area contributed by atoms with Crippen molar-refractivity contribution in [1.82, 2.24) is 10.6 Å². The lowest BCUT2D eigenvalue weighted by Gasteiger charge is -2.39. The molecule has 3 nitrogen and oxygen atoms in total. The molecule has 1 saturated heterocycles. The molecule has 0 aromatic carbocycles. The zero-order chi connectivity index (χ0) is 15.5. The number of nitrogens with one attached hydrogen (secondary N) is 2. The molecule has 2 N–H and O–H groups in total. The highest BCUT2D eigenvalue weighted by Gasteiger charge is 2.33. The van der Waals surface area contributed by atoms with Crippen LogP contribution in [-0.4, -0.2) is 25.5 Å². The topological polar surface area (TPSA) is 41.1 Å². The second kappa shape index (κ2) is 8.01. The van der Waals surface area contributed by atoms with Crippen LogP contribution in [0.2, 0.25) is 0 Å². The second-order valence-corrected chi connectivity index (χ2v) is 8.82. The van der Waals surface area contributed by atoms with Gasteiger partial charge in [0.15, 0.2) is 0 Å². The van der Waals surface area contributed by atoms with E-state index in [1.165, 1.54) is 32.1 Å². The van der Waals surface area contributed by atoms with Gasteiger partial charge in [-0.2, -0.15) is 0 Å². The molecule has 2 fully saturated rings. The molecule has 2 rings (SSSR count). The molecule has 0 spiro atoms. The molecular formula is C18H35ClN2O. The van der Waals surface area contributed by atoms with Crippen LogP contribution in [0, 0.1) is 22.7 Å². The highest BCUT2D eigenvalue weighted by molar-refractivity contribution is 5.85. The fraction of sp³-hybridized carbons (Fsp3) is 0.944. The summed E-state index contributed by atoms with van der Waals surface area (Å²) in [5.41, 5.74) is 0.698. The minimum Gasteiger partial charge on any atom is -0.356 e. The average molecular weight is 331 g/mol. The van der Waals surface area contributed by atoms with E-state index in [-0.39, 0.29) is 18.3 Å². The SMILES string of the molecule is CC1CC(CC(=O)NCC2(C)CCNCC2)CC(C)(C)C1.Cl. The predicted octanol–water partition coefficient (Wildman–Crippen LogP) is 3.77. The van der Waals surface area contributed by atoms with Crippen molar-refractivity contribution in [3.05, 3.63) is 0 Å². The van der Waals surface area contributed by atoms with Crippen LogP contribution in [0.4, 0.5) is 0 Å². The number of hydrogen-bond donors (Lipinski definition) is 2. The Bertz CT molecular complexity index is 364. The Labute approximate surface area is 142 Å². The van der Waals surface area contributed by atoms with Gasteiger partial charge in [0.2, 0.25) is 5.91 Å². The summed E-state index contributed by atoms with van der Waals surface area (Å²) in [5.74, 6) is 1.60. The van der Waals surface area contributed by atoms with E-state index in [2.05, 4.69) is 38.3 Å². The molecule has 2 unspecified atom stereocenters. The summed E-state index contributed by atoms with van der Waals surface area (Å²) in [6.07, 6.45) is 6.78. The molecule has 2 atom stereocenters. The van der Waals surface area contributed by atoms with Gasteiger partial charge < -0.3 is 10.6 Å². The van der Waals surface area contributed by atoms with Gasteiger partial charge in [0.25, 0.3) is 0 Å². The fourth-order valence-corrected chi connectivity index (χ4v) is 4.55. The summed E-state index contributed by atoms with van der Waals surface area (Å²) < 4.78 is 0. The van der Waals surface area contributed by atoms with Crippen molar-refractivity contribution in [3.63, 3.8) is 0 Å². The lowest BCUT2D eigenvalue weighted by molar-refractivity contribution is -0.123. The highest BCUT2D eigenvalue weighted by Crippen LogP contribution is 2.42. The Morgan fingerprint density at radius 2 is 1.82 bits per heavy atom. The lowest BCUT2D eigenvalue weighted by Crippen LogP contribution is -2.43. The fourth-order valence-electron chi connectivity index (χ4n) is 4.55. The van der Waals surface area contributed by atoms with Crippen molar-refractivity contribution in [1.29, 1.82) is 0 Å². The zero-order valence-corrected chi connectivity index (χ0v) is 15.7. The Balaban J connectivity index is 0.00000242. The predicted molar refractivity (Wildman–Crippen MR) is 95.4 cm³/mol. The normalized spacial score (nSPS) is 30.2. The van der Waals surface area contributed by atoms with Gasteiger partial charge in [0.1, 0.15) is 0 Å². The van der Waals surface area contributed by atoms with Crippen LogP contribution in [0.5, 0.6) is 0 Å². The Morgan fingerprint density at radius 3 is 2.41 bits per heavy atom. The summed E-state index contributed by atoms with van der Waals surface area (Å²) in [5, 5.41) is 6.61. The van der Waals surface area contributed by atoms with Gasteiger partial charge in [-0.05, 0) is 67.9 Å². The van der Waals surface area contributed by atoms with Crippen LogP contribution < -0.4 is 10.6 Å². The van der Waals surface area contributed by atoms with Gasteiger partial charge in [0.05, 0.1) is 0 Å². The number of rotatable bonds is 4. The Morgan fingerprint density at radius 1 is 1.18 bits per heavy atom. The summed E-state index contributed by atoms with van der Waals surface area (Å²) in [4.78, 5) is 12.3. The lowest BCUT2D eigenvalue weighted by atomic mass is 9.67. The molecule has 1 saturated carbocycles. The number of carbonyl (C=O) groups is 1. The van der Waals surface area contributed by atoms with Crippen LogP contribution in [0.15, 0.2) is 0 Å². The number of piperidine rings is 1. The van der Waals surface area contributed by atoms with Crippen molar-refractivity contribution in [2.75, 3.05) is 19.6 Å². The van der Waals surface area contributed by atoms with E-state index in [0.717, 1.165) is 32.0 Å². The molecule has 1 amide bonds. The summed E-state index contributed by atoms with van der Waals surface area (Å²) in [6.45, 7) is 12.4. The monoisotopic (exact) mass is 330 g/mol. The van der Waals surface area contributed by atoms with Crippen LogP contribution in [-0.2, 0) is 4.79 Å². The molecule has 0 aromatic heterocycles. The van der Waals surface area contributed by atoms with E-state index in [0.29, 0.717) is 16.7 Å². The molecular weight excluding hydrogens is 296 g/mol. The molecule has 0 bridgehead atoms. The third-order valence-electron chi connectivity index (χ3n) is 5.48. The Kier molecular flexibility index (Phi) is 7.20.